The largest absolute Gasteiger partial charge is 0.494 e. The van der Waals surface area contributed by atoms with Gasteiger partial charge in [0.2, 0.25) is 11.8 Å². The summed E-state index contributed by atoms with van der Waals surface area (Å²) in [7, 11) is 0. The van der Waals surface area contributed by atoms with Gasteiger partial charge >= 0.3 is 0 Å². The lowest BCUT2D eigenvalue weighted by Gasteiger charge is -2.22. The molecule has 0 aliphatic carbocycles. The lowest BCUT2D eigenvalue weighted by atomic mass is 9.92. The fourth-order valence-corrected chi connectivity index (χ4v) is 3.94. The van der Waals surface area contributed by atoms with Crippen LogP contribution in [0, 0.1) is 5.92 Å². The van der Waals surface area contributed by atoms with E-state index in [9.17, 15) is 9.59 Å². The standard InChI is InChI=1S/C25H32N2O3/c1-6-30-20-12-10-19(11-13-20)27-15-18(14-23(27)28)25(29)26-24-21(16(2)3)8-7-9-22(24)17(4)5/h7-13,16-18H,6,14-15H2,1-5H3,(H,26,29). The van der Waals surface area contributed by atoms with Crippen LogP contribution in [0.5, 0.6) is 5.75 Å². The molecule has 1 aliphatic heterocycles. The molecule has 160 valence electrons. The van der Waals surface area contributed by atoms with Gasteiger partial charge in [-0.25, -0.2) is 0 Å². The zero-order valence-electron chi connectivity index (χ0n) is 18.6. The van der Waals surface area contributed by atoms with Crippen molar-refractivity contribution in [3.8, 4) is 5.75 Å². The molecule has 1 unspecified atom stereocenters. The normalized spacial score (nSPS) is 16.4. The van der Waals surface area contributed by atoms with E-state index in [1.807, 2.05) is 37.3 Å². The van der Waals surface area contributed by atoms with Crippen molar-refractivity contribution in [2.24, 2.45) is 5.92 Å². The summed E-state index contributed by atoms with van der Waals surface area (Å²) in [6, 6.07) is 13.6. The summed E-state index contributed by atoms with van der Waals surface area (Å²) >= 11 is 0. The van der Waals surface area contributed by atoms with Crippen LogP contribution in [0.2, 0.25) is 0 Å². The first kappa shape index (κ1) is 21.9. The molecule has 0 aromatic heterocycles. The van der Waals surface area contributed by atoms with Crippen molar-refractivity contribution >= 4 is 23.2 Å². The Hall–Kier alpha value is -2.82. The molecule has 0 radical (unpaired) electrons. The van der Waals surface area contributed by atoms with Gasteiger partial charge in [-0.3, -0.25) is 9.59 Å². The highest BCUT2D eigenvalue weighted by Crippen LogP contribution is 2.34. The van der Waals surface area contributed by atoms with E-state index in [4.69, 9.17) is 4.74 Å². The molecule has 2 aromatic carbocycles. The minimum Gasteiger partial charge on any atom is -0.494 e. The number of hydrogen-bond acceptors (Lipinski definition) is 3. The summed E-state index contributed by atoms with van der Waals surface area (Å²) in [4.78, 5) is 27.4. The molecule has 0 bridgehead atoms. The van der Waals surface area contributed by atoms with Crippen LogP contribution >= 0.6 is 0 Å². The van der Waals surface area contributed by atoms with Gasteiger partial charge in [0.1, 0.15) is 5.75 Å². The van der Waals surface area contributed by atoms with Gasteiger partial charge in [0.15, 0.2) is 0 Å². The van der Waals surface area contributed by atoms with Crippen LogP contribution < -0.4 is 15.0 Å². The van der Waals surface area contributed by atoms with Crippen molar-refractivity contribution in [1.29, 1.82) is 0 Å². The number of benzene rings is 2. The number of rotatable bonds is 7. The zero-order chi connectivity index (χ0) is 21.8. The van der Waals surface area contributed by atoms with Crippen molar-refractivity contribution < 1.29 is 14.3 Å². The van der Waals surface area contributed by atoms with E-state index in [1.54, 1.807) is 4.90 Å². The Labute approximate surface area is 179 Å². The molecule has 1 atom stereocenters. The van der Waals surface area contributed by atoms with Crippen molar-refractivity contribution in [1.82, 2.24) is 0 Å². The molecule has 30 heavy (non-hydrogen) atoms. The second kappa shape index (κ2) is 9.33. The van der Waals surface area contributed by atoms with Crippen LogP contribution in [0.15, 0.2) is 42.5 Å². The van der Waals surface area contributed by atoms with Crippen molar-refractivity contribution in [2.75, 3.05) is 23.4 Å². The molecule has 2 amide bonds. The first-order chi connectivity index (χ1) is 14.3. The number of amides is 2. The Morgan fingerprint density at radius 2 is 1.67 bits per heavy atom. The highest BCUT2D eigenvalue weighted by atomic mass is 16.5. The van der Waals surface area contributed by atoms with Crippen molar-refractivity contribution in [2.45, 2.75) is 52.9 Å². The number of carbonyl (C=O) groups excluding carboxylic acids is 2. The predicted molar refractivity (Wildman–Crippen MR) is 121 cm³/mol. The van der Waals surface area contributed by atoms with Gasteiger partial charge in [-0.2, -0.15) is 0 Å². The molecular formula is C25H32N2O3. The molecular weight excluding hydrogens is 376 g/mol. The van der Waals surface area contributed by atoms with E-state index in [2.05, 4.69) is 45.1 Å². The van der Waals surface area contributed by atoms with Crippen LogP contribution in [0.1, 0.15) is 64.0 Å². The van der Waals surface area contributed by atoms with E-state index in [-0.39, 0.29) is 24.2 Å². The maximum Gasteiger partial charge on any atom is 0.229 e. The van der Waals surface area contributed by atoms with Crippen LogP contribution in [-0.4, -0.2) is 25.0 Å². The summed E-state index contributed by atoms with van der Waals surface area (Å²) in [5, 5.41) is 3.16. The van der Waals surface area contributed by atoms with Gasteiger partial charge in [-0.15, -0.1) is 0 Å². The van der Waals surface area contributed by atoms with Gasteiger partial charge in [0.05, 0.1) is 12.5 Å². The lowest BCUT2D eigenvalue weighted by molar-refractivity contribution is -0.122. The molecule has 2 aromatic rings. The number of hydrogen-bond donors (Lipinski definition) is 1. The quantitative estimate of drug-likeness (QED) is 0.674. The summed E-state index contributed by atoms with van der Waals surface area (Å²) in [6.07, 6.45) is 0.222. The number of nitrogens with zero attached hydrogens (tertiary/aromatic N) is 1. The molecule has 3 rings (SSSR count). The van der Waals surface area contributed by atoms with E-state index >= 15 is 0 Å². The molecule has 5 heteroatoms. The Kier molecular flexibility index (Phi) is 6.80. The smallest absolute Gasteiger partial charge is 0.229 e. The molecule has 1 saturated heterocycles. The molecule has 5 nitrogen and oxygen atoms in total. The molecule has 0 saturated carbocycles. The third kappa shape index (κ3) is 4.66. The molecule has 1 aliphatic rings. The maximum atomic E-state index is 13.1. The number of ether oxygens (including phenoxy) is 1. The van der Waals surface area contributed by atoms with Gasteiger partial charge < -0.3 is 15.0 Å². The van der Waals surface area contributed by atoms with Crippen LogP contribution in [0.3, 0.4) is 0 Å². The van der Waals surface area contributed by atoms with Gasteiger partial charge in [0.25, 0.3) is 0 Å². The Morgan fingerprint density at radius 1 is 1.07 bits per heavy atom. The van der Waals surface area contributed by atoms with Crippen LogP contribution in [0.4, 0.5) is 11.4 Å². The van der Waals surface area contributed by atoms with E-state index < -0.39 is 0 Å². The topological polar surface area (TPSA) is 58.6 Å². The first-order valence-corrected chi connectivity index (χ1v) is 10.8. The summed E-state index contributed by atoms with van der Waals surface area (Å²) in [5.74, 6) is 0.874. The fraction of sp³-hybridized carbons (Fsp3) is 0.440. The molecule has 0 spiro atoms. The molecule has 1 heterocycles. The average molecular weight is 409 g/mol. The predicted octanol–water partition coefficient (Wildman–Crippen LogP) is 5.32. The Morgan fingerprint density at radius 3 is 2.20 bits per heavy atom. The highest BCUT2D eigenvalue weighted by molar-refractivity contribution is 6.04. The first-order valence-electron chi connectivity index (χ1n) is 10.8. The highest BCUT2D eigenvalue weighted by Gasteiger charge is 2.35. The second-order valence-electron chi connectivity index (χ2n) is 8.44. The monoisotopic (exact) mass is 408 g/mol. The SMILES string of the molecule is CCOc1ccc(N2CC(C(=O)Nc3c(C(C)C)cccc3C(C)C)CC2=O)cc1. The zero-order valence-corrected chi connectivity index (χ0v) is 18.6. The number of para-hydroxylation sites is 1. The van der Waals surface area contributed by atoms with Gasteiger partial charge in [0, 0.05) is 24.3 Å². The summed E-state index contributed by atoms with van der Waals surface area (Å²) in [5.41, 5.74) is 3.95. The van der Waals surface area contributed by atoms with Crippen molar-refractivity contribution in [3.05, 3.63) is 53.6 Å². The van der Waals surface area contributed by atoms with Gasteiger partial charge in [-0.1, -0.05) is 45.9 Å². The minimum absolute atomic E-state index is 0.0273. The number of anilines is 2. The number of carbonyl (C=O) groups is 2. The third-order valence-electron chi connectivity index (χ3n) is 5.58. The Balaban J connectivity index is 1.77. The fourth-order valence-electron chi connectivity index (χ4n) is 3.94. The summed E-state index contributed by atoms with van der Waals surface area (Å²) < 4.78 is 5.47. The van der Waals surface area contributed by atoms with Crippen LogP contribution in [0.25, 0.3) is 0 Å². The van der Waals surface area contributed by atoms with E-state index in [0.717, 1.165) is 28.3 Å². The minimum atomic E-state index is -0.371. The summed E-state index contributed by atoms with van der Waals surface area (Å²) in [6.45, 7) is 11.4. The molecule has 1 N–H and O–H groups in total. The lowest BCUT2D eigenvalue weighted by Crippen LogP contribution is -2.28. The van der Waals surface area contributed by atoms with Gasteiger partial charge in [-0.05, 0) is 54.2 Å². The number of nitrogens with one attached hydrogen (secondary N) is 1. The molecule has 1 fully saturated rings. The van der Waals surface area contributed by atoms with Crippen LogP contribution in [-0.2, 0) is 9.59 Å². The van der Waals surface area contributed by atoms with E-state index in [1.165, 1.54) is 0 Å². The maximum absolute atomic E-state index is 13.1. The Bertz CT molecular complexity index is 877. The second-order valence-corrected chi connectivity index (χ2v) is 8.44. The van der Waals surface area contributed by atoms with Crippen molar-refractivity contribution in [3.63, 3.8) is 0 Å². The third-order valence-corrected chi connectivity index (χ3v) is 5.58. The van der Waals surface area contributed by atoms with E-state index in [0.29, 0.717) is 25.0 Å². The average Bonchev–Trinajstić information content (AvgIpc) is 3.10.